The van der Waals surface area contributed by atoms with Crippen molar-refractivity contribution in [2.45, 2.75) is 30.7 Å². The highest BCUT2D eigenvalue weighted by Gasteiger charge is 2.28. The number of rotatable bonds is 7. The number of sulfone groups is 1. The van der Waals surface area contributed by atoms with E-state index >= 15 is 0 Å². The average molecular weight is 295 g/mol. The molecule has 0 bridgehead atoms. The number of nitrogen functional groups attached to an aromatic ring is 1. The second-order valence-electron chi connectivity index (χ2n) is 5.12. The molecule has 0 aromatic heterocycles. The van der Waals surface area contributed by atoms with E-state index in [0.29, 0.717) is 18.2 Å². The molecule has 0 unspecified atom stereocenters. The van der Waals surface area contributed by atoms with Crippen LogP contribution in [0.1, 0.15) is 25.3 Å². The standard InChI is InChI=1S/C14H21N3O2S/c1-2-17(12-6-7-12)8-9-20(18,19)13-5-3-4-11(10-13)14(15)16/h3-5,10,12H,2,6-9H2,1H3,(H3,15,16). The van der Waals surface area contributed by atoms with Crippen LogP contribution < -0.4 is 5.73 Å². The van der Waals surface area contributed by atoms with Gasteiger partial charge in [0.2, 0.25) is 0 Å². The van der Waals surface area contributed by atoms with Crippen LogP contribution in [-0.2, 0) is 9.84 Å². The molecule has 2 rings (SSSR count). The highest BCUT2D eigenvalue weighted by atomic mass is 32.2. The molecule has 5 nitrogen and oxygen atoms in total. The second-order valence-corrected chi connectivity index (χ2v) is 7.23. The van der Waals surface area contributed by atoms with E-state index in [1.807, 2.05) is 0 Å². The lowest BCUT2D eigenvalue weighted by Gasteiger charge is -2.19. The minimum absolute atomic E-state index is 0.110. The van der Waals surface area contributed by atoms with E-state index in [0.717, 1.165) is 6.54 Å². The Morgan fingerprint density at radius 3 is 2.70 bits per heavy atom. The van der Waals surface area contributed by atoms with Gasteiger partial charge in [-0.1, -0.05) is 19.1 Å². The maximum absolute atomic E-state index is 12.3. The van der Waals surface area contributed by atoms with Crippen LogP contribution >= 0.6 is 0 Å². The third-order valence-electron chi connectivity index (χ3n) is 3.62. The van der Waals surface area contributed by atoms with Gasteiger partial charge in [0.05, 0.1) is 10.6 Å². The van der Waals surface area contributed by atoms with Gasteiger partial charge in [0, 0.05) is 18.2 Å². The number of amidine groups is 1. The summed E-state index contributed by atoms with van der Waals surface area (Å²) in [6, 6.07) is 6.88. The zero-order chi connectivity index (χ0) is 14.8. The molecule has 110 valence electrons. The molecular formula is C14H21N3O2S. The topological polar surface area (TPSA) is 87.2 Å². The molecular weight excluding hydrogens is 274 g/mol. The van der Waals surface area contributed by atoms with E-state index < -0.39 is 9.84 Å². The summed E-state index contributed by atoms with van der Waals surface area (Å²) in [5, 5.41) is 7.38. The van der Waals surface area contributed by atoms with Gasteiger partial charge in [-0.2, -0.15) is 0 Å². The van der Waals surface area contributed by atoms with Gasteiger partial charge < -0.3 is 5.73 Å². The van der Waals surface area contributed by atoms with E-state index in [-0.39, 0.29) is 16.5 Å². The van der Waals surface area contributed by atoms with Crippen LogP contribution in [0.2, 0.25) is 0 Å². The Balaban J connectivity index is 2.09. The van der Waals surface area contributed by atoms with Gasteiger partial charge in [-0.05, 0) is 31.5 Å². The van der Waals surface area contributed by atoms with Crippen molar-refractivity contribution in [2.24, 2.45) is 5.73 Å². The first-order valence-corrected chi connectivity index (χ1v) is 8.50. The molecule has 0 amide bonds. The van der Waals surface area contributed by atoms with Crippen LogP contribution in [0.25, 0.3) is 0 Å². The summed E-state index contributed by atoms with van der Waals surface area (Å²) in [4.78, 5) is 2.46. The molecule has 1 aliphatic carbocycles. The summed E-state index contributed by atoms with van der Waals surface area (Å²) in [5.74, 6) is -0.00572. The second kappa shape index (κ2) is 5.93. The zero-order valence-corrected chi connectivity index (χ0v) is 12.5. The Kier molecular flexibility index (Phi) is 4.45. The van der Waals surface area contributed by atoms with Crippen LogP contribution in [0.15, 0.2) is 29.2 Å². The van der Waals surface area contributed by atoms with Crippen LogP contribution in [0.4, 0.5) is 0 Å². The zero-order valence-electron chi connectivity index (χ0n) is 11.7. The van der Waals surface area contributed by atoms with E-state index in [1.54, 1.807) is 18.2 Å². The summed E-state index contributed by atoms with van der Waals surface area (Å²) < 4.78 is 24.7. The highest BCUT2D eigenvalue weighted by Crippen LogP contribution is 2.26. The molecule has 0 aliphatic heterocycles. The largest absolute Gasteiger partial charge is 0.384 e. The molecule has 0 radical (unpaired) electrons. The van der Waals surface area contributed by atoms with Crippen LogP contribution in [0.5, 0.6) is 0 Å². The van der Waals surface area contributed by atoms with Gasteiger partial charge in [0.15, 0.2) is 9.84 Å². The first-order valence-electron chi connectivity index (χ1n) is 6.85. The molecule has 1 aromatic carbocycles. The first kappa shape index (κ1) is 15.0. The van der Waals surface area contributed by atoms with Crippen molar-refractivity contribution in [3.05, 3.63) is 29.8 Å². The number of nitrogens with zero attached hydrogens (tertiary/aromatic N) is 1. The maximum Gasteiger partial charge on any atom is 0.179 e. The smallest absolute Gasteiger partial charge is 0.179 e. The SMILES string of the molecule is CCN(CCS(=O)(=O)c1cccc(C(=N)N)c1)C1CC1. The lowest BCUT2D eigenvalue weighted by atomic mass is 10.2. The molecule has 6 heteroatoms. The Morgan fingerprint density at radius 2 is 2.15 bits per heavy atom. The van der Waals surface area contributed by atoms with Crippen molar-refractivity contribution in [3.63, 3.8) is 0 Å². The van der Waals surface area contributed by atoms with Gasteiger partial charge in [-0.25, -0.2) is 8.42 Å². The number of nitrogens with one attached hydrogen (secondary N) is 1. The van der Waals surface area contributed by atoms with Gasteiger partial charge >= 0.3 is 0 Å². The minimum atomic E-state index is -3.32. The van der Waals surface area contributed by atoms with Crippen molar-refractivity contribution in [1.82, 2.24) is 4.90 Å². The number of hydrogen-bond acceptors (Lipinski definition) is 4. The molecule has 1 fully saturated rings. The van der Waals surface area contributed by atoms with Crippen molar-refractivity contribution < 1.29 is 8.42 Å². The summed E-state index contributed by atoms with van der Waals surface area (Å²) in [5.41, 5.74) is 5.84. The van der Waals surface area contributed by atoms with Gasteiger partial charge in [0.1, 0.15) is 5.84 Å². The molecule has 0 atom stereocenters. The van der Waals surface area contributed by atoms with Gasteiger partial charge in [0.25, 0.3) is 0 Å². The predicted molar refractivity (Wildman–Crippen MR) is 79.8 cm³/mol. The molecule has 1 saturated carbocycles. The minimum Gasteiger partial charge on any atom is -0.384 e. The third kappa shape index (κ3) is 3.58. The average Bonchev–Trinajstić information content (AvgIpc) is 3.24. The van der Waals surface area contributed by atoms with E-state index in [2.05, 4.69) is 11.8 Å². The van der Waals surface area contributed by atoms with Crippen LogP contribution in [0, 0.1) is 5.41 Å². The molecule has 0 spiro atoms. The summed E-state index contributed by atoms with van der Waals surface area (Å²) in [7, 11) is -3.32. The Morgan fingerprint density at radius 1 is 1.45 bits per heavy atom. The Bertz CT molecular complexity index is 594. The van der Waals surface area contributed by atoms with Crippen molar-refractivity contribution in [1.29, 1.82) is 5.41 Å². The predicted octanol–water partition coefficient (Wildman–Crippen LogP) is 1.23. The quantitative estimate of drug-likeness (QED) is 0.585. The van der Waals surface area contributed by atoms with Crippen molar-refractivity contribution in [3.8, 4) is 0 Å². The lowest BCUT2D eigenvalue weighted by molar-refractivity contribution is 0.294. The third-order valence-corrected chi connectivity index (χ3v) is 5.31. The molecule has 1 aliphatic rings. The monoisotopic (exact) mass is 295 g/mol. The fraction of sp³-hybridized carbons (Fsp3) is 0.500. The number of benzene rings is 1. The molecule has 1 aromatic rings. The normalized spacial score (nSPS) is 15.5. The summed E-state index contributed by atoms with van der Waals surface area (Å²) >= 11 is 0. The Labute approximate surface area is 120 Å². The van der Waals surface area contributed by atoms with Crippen LogP contribution in [0.3, 0.4) is 0 Å². The molecule has 20 heavy (non-hydrogen) atoms. The first-order chi connectivity index (χ1) is 9.44. The lowest BCUT2D eigenvalue weighted by Crippen LogP contribution is -2.31. The number of hydrogen-bond donors (Lipinski definition) is 2. The highest BCUT2D eigenvalue weighted by molar-refractivity contribution is 7.91. The van der Waals surface area contributed by atoms with Crippen LogP contribution in [-0.4, -0.2) is 44.0 Å². The fourth-order valence-electron chi connectivity index (χ4n) is 2.25. The molecule has 0 heterocycles. The van der Waals surface area contributed by atoms with Crippen molar-refractivity contribution in [2.75, 3.05) is 18.8 Å². The summed E-state index contributed by atoms with van der Waals surface area (Å²) in [6.07, 6.45) is 2.35. The van der Waals surface area contributed by atoms with Gasteiger partial charge in [-0.15, -0.1) is 0 Å². The summed E-state index contributed by atoms with van der Waals surface area (Å²) in [6.45, 7) is 3.50. The van der Waals surface area contributed by atoms with E-state index in [4.69, 9.17) is 11.1 Å². The maximum atomic E-state index is 12.3. The van der Waals surface area contributed by atoms with E-state index in [1.165, 1.54) is 18.9 Å². The molecule has 0 saturated heterocycles. The fourth-order valence-corrected chi connectivity index (χ4v) is 3.55. The number of nitrogens with two attached hydrogens (primary N) is 1. The van der Waals surface area contributed by atoms with Crippen molar-refractivity contribution >= 4 is 15.7 Å². The molecule has 3 N–H and O–H groups in total. The Hall–Kier alpha value is -1.40. The van der Waals surface area contributed by atoms with E-state index in [9.17, 15) is 8.42 Å². The van der Waals surface area contributed by atoms with Gasteiger partial charge in [-0.3, -0.25) is 10.3 Å².